The zero-order valence-corrected chi connectivity index (χ0v) is 14.6. The Bertz CT molecular complexity index is 588. The molecule has 3 nitrogen and oxygen atoms in total. The minimum Gasteiger partial charge on any atom is -0.462 e. The Morgan fingerprint density at radius 1 is 1.26 bits per heavy atom. The van der Waals surface area contributed by atoms with Crippen molar-refractivity contribution in [1.82, 2.24) is 0 Å². The fourth-order valence-electron chi connectivity index (χ4n) is 5.94. The Morgan fingerprint density at radius 2 is 2.04 bits per heavy atom. The van der Waals surface area contributed by atoms with E-state index in [2.05, 4.69) is 27.4 Å². The van der Waals surface area contributed by atoms with Crippen molar-refractivity contribution in [2.75, 3.05) is 0 Å². The van der Waals surface area contributed by atoms with Gasteiger partial charge in [0.1, 0.15) is 0 Å². The van der Waals surface area contributed by atoms with Crippen molar-refractivity contribution in [3.05, 3.63) is 24.0 Å². The average molecular weight is 316 g/mol. The molecule has 2 unspecified atom stereocenters. The van der Waals surface area contributed by atoms with Gasteiger partial charge >= 0.3 is 5.97 Å². The Kier molecular flexibility index (Phi) is 3.24. The quantitative estimate of drug-likeness (QED) is 0.524. The Hall–Kier alpha value is -1.25. The second-order valence-corrected chi connectivity index (χ2v) is 8.92. The van der Waals surface area contributed by atoms with Crippen LogP contribution in [-0.4, -0.2) is 12.3 Å². The number of allylic oxidation sites excluding steroid dienone is 1. The van der Waals surface area contributed by atoms with Crippen LogP contribution in [0.2, 0.25) is 0 Å². The summed E-state index contributed by atoms with van der Waals surface area (Å²) in [5, 5.41) is 0. The summed E-state index contributed by atoms with van der Waals surface area (Å²) in [6.07, 6.45) is 8.09. The molecule has 0 aromatic carbocycles. The summed E-state index contributed by atoms with van der Waals surface area (Å²) in [4.78, 5) is 11.7. The first-order valence-corrected chi connectivity index (χ1v) is 9.06. The van der Waals surface area contributed by atoms with Gasteiger partial charge in [0.25, 0.3) is 6.29 Å². The highest BCUT2D eigenvalue weighted by Gasteiger charge is 2.58. The van der Waals surface area contributed by atoms with E-state index in [0.29, 0.717) is 23.7 Å². The molecule has 0 N–H and O–H groups in total. The van der Waals surface area contributed by atoms with Gasteiger partial charge in [-0.15, -0.1) is 0 Å². The molecule has 2 saturated carbocycles. The molecule has 3 heteroatoms. The van der Waals surface area contributed by atoms with Crippen molar-refractivity contribution in [3.8, 4) is 0 Å². The first-order chi connectivity index (χ1) is 10.8. The van der Waals surface area contributed by atoms with E-state index in [1.807, 2.05) is 6.26 Å². The van der Waals surface area contributed by atoms with Gasteiger partial charge in [-0.05, 0) is 60.3 Å². The molecule has 4 aliphatic rings. The fourth-order valence-corrected chi connectivity index (χ4v) is 5.94. The van der Waals surface area contributed by atoms with Crippen LogP contribution in [0.1, 0.15) is 59.3 Å². The second kappa shape index (κ2) is 4.87. The Balaban J connectivity index is 1.71. The largest absolute Gasteiger partial charge is 0.462 e. The molecule has 0 aromatic heterocycles. The van der Waals surface area contributed by atoms with E-state index < -0.39 is 0 Å². The van der Waals surface area contributed by atoms with E-state index in [1.165, 1.54) is 30.4 Å². The van der Waals surface area contributed by atoms with Crippen LogP contribution < -0.4 is 0 Å². The zero-order chi connectivity index (χ0) is 16.4. The Labute approximate surface area is 139 Å². The van der Waals surface area contributed by atoms with Gasteiger partial charge in [0.05, 0.1) is 18.6 Å². The number of esters is 1. The highest BCUT2D eigenvalue weighted by Crippen LogP contribution is 2.64. The average Bonchev–Trinajstić information content (AvgIpc) is 3.08. The summed E-state index contributed by atoms with van der Waals surface area (Å²) >= 11 is 0. The minimum atomic E-state index is -0.375. The van der Waals surface area contributed by atoms with E-state index in [1.54, 1.807) is 0 Å². The third-order valence-corrected chi connectivity index (χ3v) is 7.18. The normalized spacial score (nSPS) is 44.9. The predicted octanol–water partition coefficient (Wildman–Crippen LogP) is 4.59. The molecule has 5 atom stereocenters. The topological polar surface area (TPSA) is 35.5 Å². The van der Waals surface area contributed by atoms with Crippen LogP contribution in [0, 0.1) is 28.6 Å². The molecule has 2 heterocycles. The van der Waals surface area contributed by atoms with Gasteiger partial charge in [-0.1, -0.05) is 32.9 Å². The molecule has 23 heavy (non-hydrogen) atoms. The van der Waals surface area contributed by atoms with Crippen LogP contribution >= 0.6 is 0 Å². The minimum absolute atomic E-state index is 0.0662. The number of fused-ring (bicyclic) bond motifs is 2. The smallest absolute Gasteiger partial charge is 0.309 e. The monoisotopic (exact) mass is 316 g/mol. The molecule has 0 aromatic rings. The number of hydrogen-bond donors (Lipinski definition) is 0. The van der Waals surface area contributed by atoms with E-state index >= 15 is 0 Å². The van der Waals surface area contributed by atoms with E-state index in [-0.39, 0.29) is 23.6 Å². The highest BCUT2D eigenvalue weighted by molar-refractivity contribution is 5.73. The summed E-state index contributed by atoms with van der Waals surface area (Å²) in [6.45, 7) is 11.7. The molecular weight excluding hydrogens is 288 g/mol. The zero-order valence-electron chi connectivity index (χ0n) is 14.6. The van der Waals surface area contributed by atoms with Gasteiger partial charge in [-0.25, -0.2) is 0 Å². The second-order valence-electron chi connectivity index (χ2n) is 8.92. The summed E-state index contributed by atoms with van der Waals surface area (Å²) < 4.78 is 11.0. The first-order valence-electron chi connectivity index (χ1n) is 9.06. The molecular formula is C20H28O3. The van der Waals surface area contributed by atoms with Gasteiger partial charge in [-0.2, -0.15) is 0 Å². The van der Waals surface area contributed by atoms with Crippen molar-refractivity contribution < 1.29 is 14.3 Å². The molecule has 2 aliphatic heterocycles. The highest BCUT2D eigenvalue weighted by atomic mass is 16.7. The van der Waals surface area contributed by atoms with Crippen molar-refractivity contribution in [2.24, 2.45) is 28.6 Å². The van der Waals surface area contributed by atoms with E-state index in [0.717, 1.165) is 12.8 Å². The van der Waals surface area contributed by atoms with Gasteiger partial charge < -0.3 is 9.47 Å². The lowest BCUT2D eigenvalue weighted by Crippen LogP contribution is -2.35. The molecule has 0 amide bonds. The number of ether oxygens (including phenoxy) is 2. The van der Waals surface area contributed by atoms with Crippen molar-refractivity contribution in [1.29, 1.82) is 0 Å². The summed E-state index contributed by atoms with van der Waals surface area (Å²) in [7, 11) is 0. The van der Waals surface area contributed by atoms with Crippen molar-refractivity contribution >= 4 is 5.97 Å². The van der Waals surface area contributed by atoms with Crippen LogP contribution in [0.4, 0.5) is 0 Å². The molecule has 2 aliphatic carbocycles. The number of hydrogen-bond acceptors (Lipinski definition) is 3. The molecule has 126 valence electrons. The standard InChI is InChI=1S/C20H28O3/c1-12-6-5-8-19(2,3)14-7-9-20(4,17(12)14)15-11-22-18-13(15)10-16(21)23-18/h11,13-14,17-18H,1,5-10H2,2-4H3/t13-,14?,17?,18-,20+/m1/s1. The maximum atomic E-state index is 11.7. The van der Waals surface area contributed by atoms with Crippen molar-refractivity contribution in [3.63, 3.8) is 0 Å². The van der Waals surface area contributed by atoms with E-state index in [4.69, 9.17) is 9.47 Å². The summed E-state index contributed by atoms with van der Waals surface area (Å²) in [5.41, 5.74) is 3.15. The summed E-state index contributed by atoms with van der Waals surface area (Å²) in [6, 6.07) is 0. The van der Waals surface area contributed by atoms with Gasteiger partial charge in [0, 0.05) is 0 Å². The Morgan fingerprint density at radius 3 is 2.83 bits per heavy atom. The molecule has 1 saturated heterocycles. The van der Waals surface area contributed by atoms with Crippen LogP contribution in [0.3, 0.4) is 0 Å². The maximum absolute atomic E-state index is 11.7. The van der Waals surface area contributed by atoms with Gasteiger partial charge in [0.2, 0.25) is 0 Å². The summed E-state index contributed by atoms with van der Waals surface area (Å²) in [5.74, 6) is 1.18. The number of rotatable bonds is 1. The lowest BCUT2D eigenvalue weighted by Gasteiger charge is -2.41. The van der Waals surface area contributed by atoms with Crippen LogP contribution in [0.15, 0.2) is 24.0 Å². The van der Waals surface area contributed by atoms with Gasteiger partial charge in [-0.3, -0.25) is 4.79 Å². The lowest BCUT2D eigenvalue weighted by atomic mass is 9.62. The molecule has 0 spiro atoms. The van der Waals surface area contributed by atoms with E-state index in [9.17, 15) is 4.79 Å². The first kappa shape index (κ1) is 15.3. The van der Waals surface area contributed by atoms with Crippen molar-refractivity contribution in [2.45, 2.75) is 65.6 Å². The third-order valence-electron chi connectivity index (χ3n) is 7.18. The van der Waals surface area contributed by atoms with Gasteiger partial charge in [0.15, 0.2) is 0 Å². The number of carbonyl (C=O) groups is 1. The molecule has 0 bridgehead atoms. The SMILES string of the molecule is C=C1CCCC(C)(C)C2CC[C@@](C)(C3=CO[C@@H]4OC(=O)C[C@H]34)C12. The van der Waals surface area contributed by atoms with Crippen LogP contribution in [-0.2, 0) is 14.3 Å². The molecule has 0 radical (unpaired) electrons. The number of carbonyl (C=O) groups excluding carboxylic acids is 1. The van der Waals surface area contributed by atoms with Crippen LogP contribution in [0.25, 0.3) is 0 Å². The maximum Gasteiger partial charge on any atom is 0.309 e. The third kappa shape index (κ3) is 2.11. The lowest BCUT2D eigenvalue weighted by molar-refractivity contribution is -0.154. The molecule has 3 fully saturated rings. The predicted molar refractivity (Wildman–Crippen MR) is 88.2 cm³/mol. The fraction of sp³-hybridized carbons (Fsp3) is 0.750. The van der Waals surface area contributed by atoms with Crippen LogP contribution in [0.5, 0.6) is 0 Å². The molecule has 4 rings (SSSR count).